The smallest absolute Gasteiger partial charge is 0.356 e. The molecule has 0 radical (unpaired) electrons. The van der Waals surface area contributed by atoms with E-state index in [1.807, 2.05) is 42.5 Å². The van der Waals surface area contributed by atoms with Gasteiger partial charge in [0.1, 0.15) is 6.04 Å². The predicted molar refractivity (Wildman–Crippen MR) is 100 cm³/mol. The van der Waals surface area contributed by atoms with E-state index in [1.165, 1.54) is 12.1 Å². The fourth-order valence-corrected chi connectivity index (χ4v) is 3.58. The van der Waals surface area contributed by atoms with Gasteiger partial charge < -0.3 is 20.6 Å². The molecule has 0 bridgehead atoms. The summed E-state index contributed by atoms with van der Waals surface area (Å²) in [5, 5.41) is 10.8. The Bertz CT molecular complexity index is 1020. The van der Waals surface area contributed by atoms with E-state index in [1.54, 1.807) is 6.07 Å². The number of hydrogen-bond donors (Lipinski definition) is 4. The second-order valence-electron chi connectivity index (χ2n) is 6.11. The van der Waals surface area contributed by atoms with Crippen LogP contribution in [0.3, 0.4) is 0 Å². The molecule has 134 valence electrons. The summed E-state index contributed by atoms with van der Waals surface area (Å²) in [6.07, 6.45) is -0.0268. The Kier molecular flexibility index (Phi) is 4.94. The fourth-order valence-electron chi connectivity index (χ4n) is 2.93. The molecule has 0 aromatic heterocycles. The Morgan fingerprint density at radius 1 is 1.04 bits per heavy atom. The van der Waals surface area contributed by atoms with Crippen LogP contribution in [0.5, 0.6) is 0 Å². The van der Waals surface area contributed by atoms with Gasteiger partial charge in [0, 0.05) is 0 Å². The van der Waals surface area contributed by atoms with E-state index in [2.05, 4.69) is 0 Å². The molecule has 0 heterocycles. The van der Waals surface area contributed by atoms with Crippen LogP contribution in [0.1, 0.15) is 5.56 Å². The van der Waals surface area contributed by atoms with E-state index in [0.717, 1.165) is 16.3 Å². The van der Waals surface area contributed by atoms with Crippen molar-refractivity contribution in [2.24, 2.45) is 5.73 Å². The highest BCUT2D eigenvalue weighted by atomic mass is 31.2. The van der Waals surface area contributed by atoms with Gasteiger partial charge in [-0.3, -0.25) is 9.36 Å². The zero-order valence-electron chi connectivity index (χ0n) is 13.7. The number of nitrogens with two attached hydrogens (primary N) is 1. The van der Waals surface area contributed by atoms with Crippen LogP contribution in [0.4, 0.5) is 0 Å². The lowest BCUT2D eigenvalue weighted by atomic mass is 9.95. The minimum atomic E-state index is -4.51. The SMILES string of the molecule is N[C@@H](Cc1cc(-c2cccc3ccccc23)cc(P(=O)(O)O)c1)C(=O)O. The summed E-state index contributed by atoms with van der Waals surface area (Å²) in [6.45, 7) is 0. The molecule has 5 N–H and O–H groups in total. The monoisotopic (exact) mass is 371 g/mol. The van der Waals surface area contributed by atoms with Crippen LogP contribution < -0.4 is 11.0 Å². The molecule has 3 aromatic rings. The first kappa shape index (κ1) is 18.3. The Labute approximate surface area is 150 Å². The van der Waals surface area contributed by atoms with Crippen molar-refractivity contribution >= 4 is 29.6 Å². The van der Waals surface area contributed by atoms with Crippen LogP contribution in [0.2, 0.25) is 0 Å². The quantitative estimate of drug-likeness (QED) is 0.511. The Morgan fingerprint density at radius 2 is 1.73 bits per heavy atom. The lowest BCUT2D eigenvalue weighted by Gasteiger charge is -2.14. The maximum absolute atomic E-state index is 11.8. The summed E-state index contributed by atoms with van der Waals surface area (Å²) >= 11 is 0. The molecule has 0 amide bonds. The molecule has 6 nitrogen and oxygen atoms in total. The van der Waals surface area contributed by atoms with Gasteiger partial charge in [0.2, 0.25) is 0 Å². The number of carboxylic acids is 1. The average Bonchev–Trinajstić information content (AvgIpc) is 2.60. The van der Waals surface area contributed by atoms with Gasteiger partial charge in [0.25, 0.3) is 0 Å². The first-order valence-electron chi connectivity index (χ1n) is 7.92. The highest BCUT2D eigenvalue weighted by Gasteiger charge is 2.21. The number of fused-ring (bicyclic) bond motifs is 1. The molecule has 0 fully saturated rings. The van der Waals surface area contributed by atoms with E-state index in [-0.39, 0.29) is 11.7 Å². The first-order valence-corrected chi connectivity index (χ1v) is 9.53. The molecule has 0 aliphatic heterocycles. The largest absolute Gasteiger partial charge is 0.480 e. The molecule has 3 aromatic carbocycles. The molecular formula is C19H18NO5P. The average molecular weight is 371 g/mol. The number of benzene rings is 3. The zero-order chi connectivity index (χ0) is 18.9. The second kappa shape index (κ2) is 7.02. The van der Waals surface area contributed by atoms with Gasteiger partial charge in [0.05, 0.1) is 5.30 Å². The molecule has 0 saturated heterocycles. The third-order valence-corrected chi connectivity index (χ3v) is 5.12. The van der Waals surface area contributed by atoms with Gasteiger partial charge in [-0.25, -0.2) is 0 Å². The van der Waals surface area contributed by atoms with E-state index < -0.39 is 19.6 Å². The van der Waals surface area contributed by atoms with Gasteiger partial charge >= 0.3 is 13.6 Å². The van der Waals surface area contributed by atoms with Crippen molar-refractivity contribution in [3.05, 3.63) is 66.2 Å². The highest BCUT2D eigenvalue weighted by Crippen LogP contribution is 2.36. The Morgan fingerprint density at radius 3 is 2.42 bits per heavy atom. The minimum absolute atomic E-state index is 0.0268. The van der Waals surface area contributed by atoms with Gasteiger partial charge in [-0.2, -0.15) is 0 Å². The fraction of sp³-hybridized carbons (Fsp3) is 0.105. The van der Waals surface area contributed by atoms with Crippen LogP contribution in [0.15, 0.2) is 60.7 Å². The maximum Gasteiger partial charge on any atom is 0.356 e. The van der Waals surface area contributed by atoms with E-state index in [0.29, 0.717) is 11.1 Å². The van der Waals surface area contributed by atoms with Crippen molar-refractivity contribution in [3.63, 3.8) is 0 Å². The van der Waals surface area contributed by atoms with Crippen LogP contribution in [0, 0.1) is 0 Å². The van der Waals surface area contributed by atoms with Crippen LogP contribution in [-0.2, 0) is 15.8 Å². The van der Waals surface area contributed by atoms with Crippen molar-refractivity contribution in [3.8, 4) is 11.1 Å². The van der Waals surface area contributed by atoms with E-state index in [4.69, 9.17) is 10.8 Å². The van der Waals surface area contributed by atoms with Crippen molar-refractivity contribution in [1.82, 2.24) is 0 Å². The van der Waals surface area contributed by atoms with Gasteiger partial charge in [-0.1, -0.05) is 48.5 Å². The molecule has 0 aliphatic carbocycles. The zero-order valence-corrected chi connectivity index (χ0v) is 14.6. The molecule has 0 saturated carbocycles. The summed E-state index contributed by atoms with van der Waals surface area (Å²) < 4.78 is 11.8. The highest BCUT2D eigenvalue weighted by molar-refractivity contribution is 7.60. The summed E-state index contributed by atoms with van der Waals surface area (Å²) in [5.41, 5.74) is 7.47. The standard InChI is InChI=1S/C19H18NO5P/c20-18(19(21)22)10-12-8-14(11-15(9-12)26(23,24)25)17-7-3-5-13-4-1-2-6-16(13)17/h1-9,11,18H,10,20H2,(H,21,22)(H2,23,24,25)/t18-/m0/s1. The Balaban J connectivity index is 2.19. The third kappa shape index (κ3) is 3.84. The third-order valence-electron chi connectivity index (χ3n) is 4.19. The summed E-state index contributed by atoms with van der Waals surface area (Å²) in [5.74, 6) is -1.17. The Hall–Kier alpha value is -2.50. The topological polar surface area (TPSA) is 121 Å². The molecule has 0 spiro atoms. The van der Waals surface area contributed by atoms with E-state index >= 15 is 0 Å². The first-order chi connectivity index (χ1) is 12.3. The number of hydrogen-bond acceptors (Lipinski definition) is 3. The molecule has 0 aliphatic rings. The van der Waals surface area contributed by atoms with Crippen LogP contribution in [-0.4, -0.2) is 26.9 Å². The molecule has 7 heteroatoms. The van der Waals surface area contributed by atoms with Crippen molar-refractivity contribution in [2.45, 2.75) is 12.5 Å². The second-order valence-corrected chi connectivity index (χ2v) is 7.71. The van der Waals surface area contributed by atoms with Gasteiger partial charge in [0.15, 0.2) is 0 Å². The maximum atomic E-state index is 11.8. The predicted octanol–water partition coefficient (Wildman–Crippen LogP) is 2.26. The van der Waals surface area contributed by atoms with Gasteiger partial charge in [-0.05, 0) is 46.0 Å². The lowest BCUT2D eigenvalue weighted by molar-refractivity contribution is -0.138. The van der Waals surface area contributed by atoms with Crippen molar-refractivity contribution in [2.75, 3.05) is 0 Å². The number of carbonyl (C=O) groups is 1. The number of rotatable bonds is 5. The van der Waals surface area contributed by atoms with E-state index in [9.17, 15) is 19.1 Å². The van der Waals surface area contributed by atoms with Gasteiger partial charge in [-0.15, -0.1) is 0 Å². The molecule has 3 rings (SSSR count). The summed E-state index contributed by atoms with van der Waals surface area (Å²) in [6, 6.07) is 16.7. The van der Waals surface area contributed by atoms with Crippen LogP contribution in [0.25, 0.3) is 21.9 Å². The number of carboxylic acid groups (broad SMARTS) is 1. The summed E-state index contributed by atoms with van der Waals surface area (Å²) in [7, 11) is -4.51. The molecular weight excluding hydrogens is 353 g/mol. The molecule has 0 unspecified atom stereocenters. The van der Waals surface area contributed by atoms with Crippen LogP contribution >= 0.6 is 7.60 Å². The molecule has 26 heavy (non-hydrogen) atoms. The summed E-state index contributed by atoms with van der Waals surface area (Å²) in [4.78, 5) is 30.2. The van der Waals surface area contributed by atoms with Crippen molar-refractivity contribution < 1.29 is 24.3 Å². The minimum Gasteiger partial charge on any atom is -0.480 e. The molecule has 1 atom stereocenters. The number of aliphatic carboxylic acids is 1. The van der Waals surface area contributed by atoms with Crippen molar-refractivity contribution in [1.29, 1.82) is 0 Å². The lowest BCUT2D eigenvalue weighted by Crippen LogP contribution is -2.32. The normalized spacial score (nSPS) is 12.9.